The number of carbonyl (C=O) groups excluding carboxylic acids is 1. The fourth-order valence-electron chi connectivity index (χ4n) is 2.09. The number of aryl methyl sites for hydroxylation is 1. The van der Waals surface area contributed by atoms with Crippen molar-refractivity contribution in [2.24, 2.45) is 0 Å². The first-order valence-corrected chi connectivity index (χ1v) is 9.01. The monoisotopic (exact) mass is 344 g/mol. The first-order valence-electron chi connectivity index (χ1n) is 7.15. The molecule has 0 unspecified atom stereocenters. The average Bonchev–Trinajstić information content (AvgIpc) is 3.23. The Labute approximate surface area is 143 Å². The van der Waals surface area contributed by atoms with E-state index < -0.39 is 0 Å². The van der Waals surface area contributed by atoms with Crippen LogP contribution in [0, 0.1) is 6.92 Å². The number of para-hydroxylation sites is 1. The lowest BCUT2D eigenvalue weighted by atomic mass is 10.2. The molecule has 3 aromatic rings. The Morgan fingerprint density at radius 3 is 2.74 bits per heavy atom. The zero-order valence-corrected chi connectivity index (χ0v) is 14.3. The molecule has 0 saturated carbocycles. The van der Waals surface area contributed by atoms with Gasteiger partial charge in [-0.3, -0.25) is 4.79 Å². The second-order valence-electron chi connectivity index (χ2n) is 4.94. The lowest BCUT2D eigenvalue weighted by Gasteiger charge is -2.21. The molecule has 0 radical (unpaired) electrons. The van der Waals surface area contributed by atoms with Crippen LogP contribution in [-0.4, -0.2) is 16.6 Å². The van der Waals surface area contributed by atoms with Crippen LogP contribution in [0.2, 0.25) is 0 Å². The van der Waals surface area contributed by atoms with Crippen LogP contribution in [0.15, 0.2) is 62.9 Å². The zero-order chi connectivity index (χ0) is 16.1. The molecular formula is C17H16N2O2S2. The van der Waals surface area contributed by atoms with Crippen LogP contribution in [0.5, 0.6) is 0 Å². The normalized spacial score (nSPS) is 10.7. The van der Waals surface area contributed by atoms with E-state index in [4.69, 9.17) is 4.42 Å². The third kappa shape index (κ3) is 4.24. The highest BCUT2D eigenvalue weighted by Gasteiger charge is 2.18. The minimum atomic E-state index is 0.0328. The number of thiazole rings is 1. The summed E-state index contributed by atoms with van der Waals surface area (Å²) in [7, 11) is 0. The summed E-state index contributed by atoms with van der Waals surface area (Å²) in [5, 5.41) is 1.99. The van der Waals surface area contributed by atoms with Crippen LogP contribution >= 0.6 is 23.1 Å². The number of hydrogen-bond donors (Lipinski definition) is 0. The van der Waals surface area contributed by atoms with E-state index in [1.807, 2.05) is 54.8 Å². The summed E-state index contributed by atoms with van der Waals surface area (Å²) in [6.45, 7) is 2.38. The van der Waals surface area contributed by atoms with Crippen molar-refractivity contribution >= 4 is 34.7 Å². The van der Waals surface area contributed by atoms with Gasteiger partial charge in [-0.25, -0.2) is 4.98 Å². The second-order valence-corrected chi connectivity index (χ2v) is 7.02. The maximum atomic E-state index is 12.7. The zero-order valence-electron chi connectivity index (χ0n) is 12.6. The number of hydrogen-bond acceptors (Lipinski definition) is 5. The van der Waals surface area contributed by atoms with E-state index in [-0.39, 0.29) is 5.91 Å². The maximum Gasteiger partial charge on any atom is 0.237 e. The molecule has 1 aromatic carbocycles. The highest BCUT2D eigenvalue weighted by atomic mass is 32.2. The van der Waals surface area contributed by atoms with Gasteiger partial charge >= 0.3 is 0 Å². The Bertz CT molecular complexity index is 754. The van der Waals surface area contributed by atoms with E-state index in [1.54, 1.807) is 22.5 Å². The van der Waals surface area contributed by atoms with Gasteiger partial charge in [0, 0.05) is 16.8 Å². The largest absolute Gasteiger partial charge is 0.467 e. The first-order chi connectivity index (χ1) is 11.2. The summed E-state index contributed by atoms with van der Waals surface area (Å²) in [5.74, 6) is 1.14. The van der Waals surface area contributed by atoms with E-state index in [2.05, 4.69) is 4.98 Å². The molecule has 23 heavy (non-hydrogen) atoms. The molecule has 0 saturated heterocycles. The Kier molecular flexibility index (Phi) is 5.15. The summed E-state index contributed by atoms with van der Waals surface area (Å²) >= 11 is 3.04. The molecule has 0 N–H and O–H groups in total. The average molecular weight is 344 g/mol. The molecule has 2 aromatic heterocycles. The number of rotatable bonds is 6. The van der Waals surface area contributed by atoms with E-state index in [1.165, 1.54) is 11.8 Å². The first kappa shape index (κ1) is 15.8. The molecule has 118 valence electrons. The maximum absolute atomic E-state index is 12.7. The van der Waals surface area contributed by atoms with Crippen molar-refractivity contribution in [3.8, 4) is 0 Å². The lowest BCUT2D eigenvalue weighted by Crippen LogP contribution is -2.31. The van der Waals surface area contributed by atoms with Crippen molar-refractivity contribution in [3.63, 3.8) is 0 Å². The van der Waals surface area contributed by atoms with Gasteiger partial charge in [0.1, 0.15) is 5.76 Å². The third-order valence-electron chi connectivity index (χ3n) is 3.18. The van der Waals surface area contributed by atoms with Crippen LogP contribution in [0.1, 0.15) is 11.5 Å². The molecule has 1 amide bonds. The number of thioether (sulfide) groups is 1. The summed E-state index contributed by atoms with van der Waals surface area (Å²) in [4.78, 5) is 18.8. The van der Waals surface area contributed by atoms with Crippen molar-refractivity contribution in [2.75, 3.05) is 10.7 Å². The summed E-state index contributed by atoms with van der Waals surface area (Å²) < 4.78 is 6.31. The van der Waals surface area contributed by atoms with Gasteiger partial charge in [-0.1, -0.05) is 30.0 Å². The number of aromatic nitrogens is 1. The van der Waals surface area contributed by atoms with Gasteiger partial charge < -0.3 is 9.32 Å². The van der Waals surface area contributed by atoms with Crippen molar-refractivity contribution < 1.29 is 9.21 Å². The molecule has 0 aliphatic rings. The van der Waals surface area contributed by atoms with Crippen LogP contribution in [0.4, 0.5) is 5.69 Å². The van der Waals surface area contributed by atoms with Crippen LogP contribution in [0.25, 0.3) is 0 Å². The van der Waals surface area contributed by atoms with Gasteiger partial charge in [0.15, 0.2) is 4.34 Å². The highest BCUT2D eigenvalue weighted by Crippen LogP contribution is 2.24. The quantitative estimate of drug-likeness (QED) is 0.623. The van der Waals surface area contributed by atoms with Gasteiger partial charge in [-0.2, -0.15) is 0 Å². The SMILES string of the molecule is Cc1csc(SCC(=O)N(Cc2ccco2)c2ccccc2)n1. The predicted molar refractivity (Wildman–Crippen MR) is 93.9 cm³/mol. The molecule has 0 fully saturated rings. The van der Waals surface area contributed by atoms with Crippen LogP contribution < -0.4 is 4.90 Å². The van der Waals surface area contributed by atoms with Gasteiger partial charge in [0.2, 0.25) is 5.91 Å². The van der Waals surface area contributed by atoms with Crippen LogP contribution in [0.3, 0.4) is 0 Å². The Balaban J connectivity index is 1.73. The van der Waals surface area contributed by atoms with Gasteiger partial charge in [-0.05, 0) is 31.2 Å². The molecule has 3 rings (SSSR count). The Morgan fingerprint density at radius 2 is 2.09 bits per heavy atom. The highest BCUT2D eigenvalue weighted by molar-refractivity contribution is 8.01. The van der Waals surface area contributed by atoms with Crippen molar-refractivity contribution in [2.45, 2.75) is 17.8 Å². The van der Waals surface area contributed by atoms with Crippen molar-refractivity contribution in [1.29, 1.82) is 0 Å². The third-order valence-corrected chi connectivity index (χ3v) is 5.30. The van der Waals surface area contributed by atoms with E-state index in [0.29, 0.717) is 12.3 Å². The van der Waals surface area contributed by atoms with Gasteiger partial charge in [-0.15, -0.1) is 11.3 Å². The fourth-order valence-corrected chi connectivity index (χ4v) is 3.82. The minimum Gasteiger partial charge on any atom is -0.467 e. The molecule has 6 heteroatoms. The van der Waals surface area contributed by atoms with Crippen molar-refractivity contribution in [3.05, 3.63) is 65.6 Å². The number of anilines is 1. The fraction of sp³-hybridized carbons (Fsp3) is 0.176. The molecule has 2 heterocycles. The Hall–Kier alpha value is -2.05. The number of furan rings is 1. The molecule has 0 atom stereocenters. The molecule has 4 nitrogen and oxygen atoms in total. The summed E-state index contributed by atoms with van der Waals surface area (Å²) in [5.41, 5.74) is 1.85. The second kappa shape index (κ2) is 7.48. The van der Waals surface area contributed by atoms with E-state index in [0.717, 1.165) is 21.5 Å². The number of nitrogens with zero attached hydrogens (tertiary/aromatic N) is 2. The molecule has 0 aliphatic heterocycles. The smallest absolute Gasteiger partial charge is 0.237 e. The number of amides is 1. The molecule has 0 aliphatic carbocycles. The molecule has 0 spiro atoms. The minimum absolute atomic E-state index is 0.0328. The standard InChI is InChI=1S/C17H16N2O2S2/c1-13-11-22-17(18-13)23-12-16(20)19(10-15-8-5-9-21-15)14-6-3-2-4-7-14/h2-9,11H,10,12H2,1H3. The number of carbonyl (C=O) groups is 1. The topological polar surface area (TPSA) is 46.3 Å². The van der Waals surface area contributed by atoms with Gasteiger partial charge in [0.25, 0.3) is 0 Å². The lowest BCUT2D eigenvalue weighted by molar-refractivity contribution is -0.116. The van der Waals surface area contributed by atoms with Crippen LogP contribution in [-0.2, 0) is 11.3 Å². The molecule has 0 bridgehead atoms. The Morgan fingerprint density at radius 1 is 1.26 bits per heavy atom. The van der Waals surface area contributed by atoms with E-state index in [9.17, 15) is 4.79 Å². The summed E-state index contributed by atoms with van der Waals surface area (Å²) in [6.07, 6.45) is 1.62. The van der Waals surface area contributed by atoms with Gasteiger partial charge in [0.05, 0.1) is 18.6 Å². The number of benzene rings is 1. The van der Waals surface area contributed by atoms with Crippen molar-refractivity contribution in [1.82, 2.24) is 4.98 Å². The predicted octanol–water partition coefficient (Wildman–Crippen LogP) is 4.37. The van der Waals surface area contributed by atoms with E-state index >= 15 is 0 Å². The summed E-state index contributed by atoms with van der Waals surface area (Å²) in [6, 6.07) is 13.4. The molecular weight excluding hydrogens is 328 g/mol.